The van der Waals surface area contributed by atoms with Crippen molar-refractivity contribution < 1.29 is 17.9 Å². The van der Waals surface area contributed by atoms with Gasteiger partial charge in [-0.15, -0.1) is 0 Å². The molecule has 0 saturated carbocycles. The Morgan fingerprint density at radius 1 is 1.17 bits per heavy atom. The first kappa shape index (κ1) is 12.8. The average Bonchev–Trinajstić information content (AvgIpc) is 2.28. The van der Waals surface area contributed by atoms with E-state index < -0.39 is 11.7 Å². The molecule has 2 aromatic rings. The van der Waals surface area contributed by atoms with Crippen LogP contribution in [0.3, 0.4) is 0 Å². The standard InChI is InChI=1S/C11H6BrF3N2O/c12-8-4-9(6-16-5-8)18-10-3-7(1-2-17-10)11(13,14)15/h1-6H. The van der Waals surface area contributed by atoms with Crippen molar-refractivity contribution in [2.45, 2.75) is 6.18 Å². The third-order valence-electron chi connectivity index (χ3n) is 1.96. The lowest BCUT2D eigenvalue weighted by atomic mass is 10.2. The first-order valence-corrected chi connectivity index (χ1v) is 5.56. The maximum atomic E-state index is 12.5. The maximum Gasteiger partial charge on any atom is 0.416 e. The van der Waals surface area contributed by atoms with Gasteiger partial charge in [-0.05, 0) is 28.1 Å². The molecule has 94 valence electrons. The molecule has 0 fully saturated rings. The Balaban J connectivity index is 2.25. The Bertz CT molecular complexity index is 560. The number of hydrogen-bond donors (Lipinski definition) is 0. The molecular formula is C11H6BrF3N2O. The highest BCUT2D eigenvalue weighted by Crippen LogP contribution is 2.31. The van der Waals surface area contributed by atoms with Gasteiger partial charge in [0.05, 0.1) is 11.8 Å². The summed E-state index contributed by atoms with van der Waals surface area (Å²) in [6.45, 7) is 0. The van der Waals surface area contributed by atoms with Gasteiger partial charge >= 0.3 is 6.18 Å². The van der Waals surface area contributed by atoms with E-state index in [9.17, 15) is 13.2 Å². The van der Waals surface area contributed by atoms with Gasteiger partial charge < -0.3 is 4.74 Å². The van der Waals surface area contributed by atoms with E-state index in [1.165, 1.54) is 12.4 Å². The molecule has 2 rings (SSSR count). The van der Waals surface area contributed by atoms with Gasteiger partial charge in [0.25, 0.3) is 0 Å². The zero-order valence-corrected chi connectivity index (χ0v) is 10.4. The number of rotatable bonds is 2. The van der Waals surface area contributed by atoms with Crippen LogP contribution in [0.15, 0.2) is 41.3 Å². The monoisotopic (exact) mass is 318 g/mol. The van der Waals surface area contributed by atoms with Crippen molar-refractivity contribution in [3.05, 3.63) is 46.8 Å². The van der Waals surface area contributed by atoms with Gasteiger partial charge in [-0.1, -0.05) is 0 Å². The summed E-state index contributed by atoms with van der Waals surface area (Å²) < 4.78 is 43.3. The molecule has 2 aromatic heterocycles. The number of ether oxygens (including phenoxy) is 1. The number of pyridine rings is 2. The van der Waals surface area contributed by atoms with E-state index in [-0.39, 0.29) is 5.88 Å². The first-order chi connectivity index (χ1) is 8.45. The number of hydrogen-bond acceptors (Lipinski definition) is 3. The van der Waals surface area contributed by atoms with Gasteiger partial charge in [-0.2, -0.15) is 13.2 Å². The highest BCUT2D eigenvalue weighted by atomic mass is 79.9. The van der Waals surface area contributed by atoms with E-state index >= 15 is 0 Å². The van der Waals surface area contributed by atoms with Gasteiger partial charge in [-0.3, -0.25) is 4.98 Å². The molecule has 0 N–H and O–H groups in total. The molecule has 0 amide bonds. The lowest BCUT2D eigenvalue weighted by Crippen LogP contribution is -2.05. The highest BCUT2D eigenvalue weighted by Gasteiger charge is 2.31. The number of nitrogens with zero attached hydrogens (tertiary/aromatic N) is 2. The normalized spacial score (nSPS) is 11.3. The summed E-state index contributed by atoms with van der Waals surface area (Å²) in [5, 5.41) is 0. The summed E-state index contributed by atoms with van der Waals surface area (Å²) in [5.74, 6) is 0.168. The van der Waals surface area contributed by atoms with Crippen LogP contribution in [-0.4, -0.2) is 9.97 Å². The summed E-state index contributed by atoms with van der Waals surface area (Å²) in [6, 6.07) is 3.29. The van der Waals surface area contributed by atoms with Gasteiger partial charge in [-0.25, -0.2) is 4.98 Å². The minimum Gasteiger partial charge on any atom is -0.437 e. The van der Waals surface area contributed by atoms with Crippen molar-refractivity contribution in [2.75, 3.05) is 0 Å². The SMILES string of the molecule is FC(F)(F)c1ccnc(Oc2cncc(Br)c2)c1. The Kier molecular flexibility index (Phi) is 3.51. The molecule has 0 saturated heterocycles. The number of aromatic nitrogens is 2. The van der Waals surface area contributed by atoms with Crippen molar-refractivity contribution in [1.29, 1.82) is 0 Å². The van der Waals surface area contributed by atoms with E-state index in [1.807, 2.05) is 0 Å². The predicted octanol–water partition coefficient (Wildman–Crippen LogP) is 4.05. The molecule has 0 unspecified atom stereocenters. The fourth-order valence-electron chi connectivity index (χ4n) is 1.21. The lowest BCUT2D eigenvalue weighted by molar-refractivity contribution is -0.137. The van der Waals surface area contributed by atoms with Crippen LogP contribution in [0, 0.1) is 0 Å². The fraction of sp³-hybridized carbons (Fsp3) is 0.0909. The minimum absolute atomic E-state index is 0.135. The second-order valence-corrected chi connectivity index (χ2v) is 4.24. The molecule has 0 spiro atoms. The van der Waals surface area contributed by atoms with Crippen LogP contribution in [0.4, 0.5) is 13.2 Å². The Hall–Kier alpha value is -1.63. The topological polar surface area (TPSA) is 35.0 Å². The highest BCUT2D eigenvalue weighted by molar-refractivity contribution is 9.10. The van der Waals surface area contributed by atoms with Crippen molar-refractivity contribution >= 4 is 15.9 Å². The van der Waals surface area contributed by atoms with Gasteiger partial charge in [0, 0.05) is 22.9 Å². The molecule has 0 atom stereocenters. The molecule has 3 nitrogen and oxygen atoms in total. The van der Waals surface area contributed by atoms with Gasteiger partial charge in [0.2, 0.25) is 5.88 Å². The lowest BCUT2D eigenvalue weighted by Gasteiger charge is -2.08. The maximum absolute atomic E-state index is 12.5. The molecule has 0 aliphatic carbocycles. The van der Waals surface area contributed by atoms with Crippen LogP contribution < -0.4 is 4.74 Å². The Labute approximate surface area is 109 Å². The molecule has 0 aliphatic rings. The van der Waals surface area contributed by atoms with E-state index in [0.29, 0.717) is 10.2 Å². The summed E-state index contributed by atoms with van der Waals surface area (Å²) in [6.07, 6.45) is -0.459. The summed E-state index contributed by atoms with van der Waals surface area (Å²) in [7, 11) is 0. The van der Waals surface area contributed by atoms with Crippen molar-refractivity contribution in [2.24, 2.45) is 0 Å². The fourth-order valence-corrected chi connectivity index (χ4v) is 1.55. The summed E-state index contributed by atoms with van der Waals surface area (Å²) in [4.78, 5) is 7.54. The van der Waals surface area contributed by atoms with E-state index in [0.717, 1.165) is 18.3 Å². The van der Waals surface area contributed by atoms with Crippen LogP contribution in [0.2, 0.25) is 0 Å². The molecule has 0 radical (unpaired) electrons. The van der Waals surface area contributed by atoms with Crippen LogP contribution in [0.25, 0.3) is 0 Å². The smallest absolute Gasteiger partial charge is 0.416 e. The predicted molar refractivity (Wildman–Crippen MR) is 61.3 cm³/mol. The van der Waals surface area contributed by atoms with Gasteiger partial charge in [0.15, 0.2) is 0 Å². The van der Waals surface area contributed by atoms with Crippen LogP contribution in [0.1, 0.15) is 5.56 Å². The van der Waals surface area contributed by atoms with Crippen LogP contribution >= 0.6 is 15.9 Å². The average molecular weight is 319 g/mol. The van der Waals surface area contributed by atoms with Crippen LogP contribution in [-0.2, 0) is 6.18 Å². The van der Waals surface area contributed by atoms with Crippen LogP contribution in [0.5, 0.6) is 11.6 Å². The zero-order valence-electron chi connectivity index (χ0n) is 8.78. The zero-order chi connectivity index (χ0) is 13.2. The second kappa shape index (κ2) is 4.93. The van der Waals surface area contributed by atoms with Gasteiger partial charge in [0.1, 0.15) is 5.75 Å². The van der Waals surface area contributed by atoms with Crippen molar-refractivity contribution in [1.82, 2.24) is 9.97 Å². The minimum atomic E-state index is -4.42. The second-order valence-electron chi connectivity index (χ2n) is 3.32. The van der Waals surface area contributed by atoms with E-state index in [4.69, 9.17) is 4.74 Å². The third-order valence-corrected chi connectivity index (χ3v) is 2.40. The molecule has 0 aliphatic heterocycles. The largest absolute Gasteiger partial charge is 0.437 e. The third kappa shape index (κ3) is 3.19. The Morgan fingerprint density at radius 3 is 2.61 bits per heavy atom. The number of halogens is 4. The molecule has 7 heteroatoms. The summed E-state index contributed by atoms with van der Waals surface area (Å²) in [5.41, 5.74) is -0.810. The molecule has 2 heterocycles. The molecule has 18 heavy (non-hydrogen) atoms. The molecule has 0 aromatic carbocycles. The summed E-state index contributed by atoms with van der Waals surface area (Å²) >= 11 is 3.18. The molecule has 0 bridgehead atoms. The van der Waals surface area contributed by atoms with E-state index in [2.05, 4.69) is 25.9 Å². The number of alkyl halides is 3. The van der Waals surface area contributed by atoms with Crippen molar-refractivity contribution in [3.8, 4) is 11.6 Å². The molecular weight excluding hydrogens is 313 g/mol. The first-order valence-electron chi connectivity index (χ1n) is 4.77. The quantitative estimate of drug-likeness (QED) is 0.837. The van der Waals surface area contributed by atoms with Crippen molar-refractivity contribution in [3.63, 3.8) is 0 Å². The van der Waals surface area contributed by atoms with E-state index in [1.54, 1.807) is 6.07 Å². The Morgan fingerprint density at radius 2 is 1.94 bits per heavy atom.